The summed E-state index contributed by atoms with van der Waals surface area (Å²) < 4.78 is 5.87. The molecule has 0 radical (unpaired) electrons. The number of rotatable bonds is 6. The maximum absolute atomic E-state index is 12.8. The normalized spacial score (nSPS) is 33.4. The Morgan fingerprint density at radius 3 is 2.84 bits per heavy atom. The van der Waals surface area contributed by atoms with Crippen LogP contribution >= 0.6 is 0 Å². The van der Waals surface area contributed by atoms with Crippen LogP contribution in [0.25, 0.3) is 0 Å². The fraction of sp³-hybridized carbons (Fsp3) is 0.667. The number of nitrogens with one attached hydrogen (secondary N) is 1. The molecule has 4 atom stereocenters. The maximum atomic E-state index is 12.8. The molecular weight excluding hydrogens is 312 g/mol. The van der Waals surface area contributed by atoms with E-state index >= 15 is 0 Å². The van der Waals surface area contributed by atoms with Gasteiger partial charge in [-0.05, 0) is 31.2 Å². The third-order valence-corrected chi connectivity index (χ3v) is 6.51. The standard InChI is InChI=1S/C21H30N2O2/c1-21(2)18(16-11-14-25-19(16)21)22-17-10-13-23(20(17)24)12-6-9-15-7-4-3-5-8-15/h3-5,7-8,16-19,22H,6,9-14H2,1-2H3/t16-,17+,18+,19+/m0/s1. The van der Waals surface area contributed by atoms with Gasteiger partial charge in [0, 0.05) is 37.1 Å². The molecule has 4 heteroatoms. The molecule has 4 nitrogen and oxygen atoms in total. The van der Waals surface area contributed by atoms with Crippen LogP contribution in [0.3, 0.4) is 0 Å². The van der Waals surface area contributed by atoms with Gasteiger partial charge in [0.25, 0.3) is 0 Å². The molecule has 0 spiro atoms. The van der Waals surface area contributed by atoms with Gasteiger partial charge in [-0.1, -0.05) is 44.2 Å². The summed E-state index contributed by atoms with van der Waals surface area (Å²) in [7, 11) is 0. The van der Waals surface area contributed by atoms with Gasteiger partial charge in [-0.3, -0.25) is 4.79 Å². The molecule has 4 rings (SSSR count). The summed E-state index contributed by atoms with van der Waals surface area (Å²) >= 11 is 0. The van der Waals surface area contributed by atoms with Gasteiger partial charge < -0.3 is 15.0 Å². The van der Waals surface area contributed by atoms with E-state index in [1.807, 2.05) is 6.07 Å². The summed E-state index contributed by atoms with van der Waals surface area (Å²) in [5, 5.41) is 3.69. The third-order valence-electron chi connectivity index (χ3n) is 6.51. The van der Waals surface area contributed by atoms with Gasteiger partial charge in [0.05, 0.1) is 12.1 Å². The van der Waals surface area contributed by atoms with Crippen molar-refractivity contribution in [3.63, 3.8) is 0 Å². The van der Waals surface area contributed by atoms with Crippen LogP contribution in [0.2, 0.25) is 0 Å². The molecule has 1 aromatic carbocycles. The largest absolute Gasteiger partial charge is 0.377 e. The molecule has 25 heavy (non-hydrogen) atoms. The van der Waals surface area contributed by atoms with Crippen LogP contribution < -0.4 is 5.32 Å². The minimum absolute atomic E-state index is 0.00236. The summed E-state index contributed by atoms with van der Waals surface area (Å²) in [6, 6.07) is 10.9. The Bertz CT molecular complexity index is 616. The molecule has 2 heterocycles. The lowest BCUT2D eigenvalue weighted by Gasteiger charge is -2.55. The first-order chi connectivity index (χ1) is 12.1. The predicted molar refractivity (Wildman–Crippen MR) is 98.3 cm³/mol. The van der Waals surface area contributed by atoms with Gasteiger partial charge in [0.1, 0.15) is 0 Å². The number of hydrogen-bond acceptors (Lipinski definition) is 3. The Hall–Kier alpha value is -1.39. The van der Waals surface area contributed by atoms with Crippen molar-refractivity contribution in [2.75, 3.05) is 19.7 Å². The number of amides is 1. The van der Waals surface area contributed by atoms with Gasteiger partial charge in [-0.25, -0.2) is 0 Å². The van der Waals surface area contributed by atoms with Crippen LogP contribution in [-0.2, 0) is 16.0 Å². The highest BCUT2D eigenvalue weighted by atomic mass is 16.5. The zero-order chi connectivity index (χ0) is 17.4. The smallest absolute Gasteiger partial charge is 0.239 e. The average Bonchev–Trinajstić information content (AvgIpc) is 3.20. The number of likely N-dealkylation sites (tertiary alicyclic amines) is 1. The van der Waals surface area contributed by atoms with Crippen LogP contribution in [0, 0.1) is 11.3 Å². The van der Waals surface area contributed by atoms with E-state index in [-0.39, 0.29) is 11.5 Å². The molecule has 1 aliphatic carbocycles. The minimum atomic E-state index is 0.00236. The van der Waals surface area contributed by atoms with Crippen molar-refractivity contribution in [1.29, 1.82) is 0 Å². The summed E-state index contributed by atoms with van der Waals surface area (Å²) in [5.74, 6) is 0.890. The predicted octanol–water partition coefficient (Wildman–Crippen LogP) is 2.62. The lowest BCUT2D eigenvalue weighted by molar-refractivity contribution is -0.135. The van der Waals surface area contributed by atoms with E-state index in [2.05, 4.69) is 48.3 Å². The first kappa shape index (κ1) is 17.0. The number of benzene rings is 1. The van der Waals surface area contributed by atoms with Crippen molar-refractivity contribution in [3.8, 4) is 0 Å². The molecule has 1 amide bonds. The van der Waals surface area contributed by atoms with E-state index in [4.69, 9.17) is 4.74 Å². The summed E-state index contributed by atoms with van der Waals surface area (Å²) in [6.45, 7) is 7.18. The number of carbonyl (C=O) groups excluding carboxylic acids is 1. The number of ether oxygens (including phenoxy) is 1. The average molecular weight is 342 g/mol. The molecule has 1 N–H and O–H groups in total. The van der Waals surface area contributed by atoms with Crippen LogP contribution in [0.5, 0.6) is 0 Å². The molecule has 136 valence electrons. The second kappa shape index (κ2) is 6.73. The Morgan fingerprint density at radius 1 is 1.24 bits per heavy atom. The number of hydrogen-bond donors (Lipinski definition) is 1. The molecule has 0 bridgehead atoms. The van der Waals surface area contributed by atoms with Crippen molar-refractivity contribution in [1.82, 2.24) is 10.2 Å². The number of nitrogens with zero attached hydrogens (tertiary/aromatic N) is 1. The Labute approximate surface area is 150 Å². The fourth-order valence-corrected chi connectivity index (χ4v) is 5.11. The third kappa shape index (κ3) is 3.11. The topological polar surface area (TPSA) is 41.6 Å². The zero-order valence-electron chi connectivity index (χ0n) is 15.4. The van der Waals surface area contributed by atoms with E-state index in [0.717, 1.165) is 45.4 Å². The number of aryl methyl sites for hydroxylation is 1. The van der Waals surface area contributed by atoms with Crippen LogP contribution in [0.1, 0.15) is 38.7 Å². The van der Waals surface area contributed by atoms with E-state index in [1.165, 1.54) is 5.56 Å². The minimum Gasteiger partial charge on any atom is -0.377 e. The van der Waals surface area contributed by atoms with Crippen molar-refractivity contribution in [2.45, 2.75) is 57.7 Å². The van der Waals surface area contributed by atoms with Gasteiger partial charge in [-0.15, -0.1) is 0 Å². The van der Waals surface area contributed by atoms with Crippen molar-refractivity contribution in [2.24, 2.45) is 11.3 Å². The van der Waals surface area contributed by atoms with E-state index in [9.17, 15) is 4.79 Å². The van der Waals surface area contributed by atoms with Gasteiger partial charge in [0.2, 0.25) is 5.91 Å². The molecule has 3 aliphatic rings. The first-order valence-corrected chi connectivity index (χ1v) is 9.78. The Balaban J connectivity index is 1.27. The molecule has 2 aliphatic heterocycles. The van der Waals surface area contributed by atoms with Crippen LogP contribution in [-0.4, -0.2) is 48.7 Å². The second-order valence-electron chi connectivity index (χ2n) is 8.47. The van der Waals surface area contributed by atoms with Crippen LogP contribution in [0.15, 0.2) is 30.3 Å². The first-order valence-electron chi connectivity index (χ1n) is 9.78. The van der Waals surface area contributed by atoms with Gasteiger partial charge >= 0.3 is 0 Å². The molecule has 1 saturated carbocycles. The van der Waals surface area contributed by atoms with E-state index in [1.54, 1.807) is 0 Å². The van der Waals surface area contributed by atoms with Gasteiger partial charge in [0.15, 0.2) is 0 Å². The Kier molecular flexibility index (Phi) is 4.59. The summed E-state index contributed by atoms with van der Waals surface area (Å²) in [6.07, 6.45) is 4.53. The van der Waals surface area contributed by atoms with Crippen molar-refractivity contribution < 1.29 is 9.53 Å². The quantitative estimate of drug-likeness (QED) is 0.864. The highest BCUT2D eigenvalue weighted by molar-refractivity contribution is 5.84. The lowest BCUT2D eigenvalue weighted by atomic mass is 9.57. The van der Waals surface area contributed by atoms with Crippen LogP contribution in [0.4, 0.5) is 0 Å². The van der Waals surface area contributed by atoms with Crippen molar-refractivity contribution in [3.05, 3.63) is 35.9 Å². The van der Waals surface area contributed by atoms with Gasteiger partial charge in [-0.2, -0.15) is 0 Å². The zero-order valence-corrected chi connectivity index (χ0v) is 15.4. The van der Waals surface area contributed by atoms with Crippen molar-refractivity contribution >= 4 is 5.91 Å². The fourth-order valence-electron chi connectivity index (χ4n) is 5.11. The summed E-state index contributed by atoms with van der Waals surface area (Å²) in [5.41, 5.74) is 1.50. The summed E-state index contributed by atoms with van der Waals surface area (Å²) in [4.78, 5) is 14.8. The molecule has 1 aromatic rings. The Morgan fingerprint density at radius 2 is 2.04 bits per heavy atom. The SMILES string of the molecule is CC1(C)[C@H](N[C@@H]2CCN(CCCc3ccccc3)C2=O)[C@@H]2CCO[C@H]21. The second-order valence-corrected chi connectivity index (χ2v) is 8.47. The molecule has 2 saturated heterocycles. The molecule has 0 unspecified atom stereocenters. The molecule has 0 aromatic heterocycles. The molecular formula is C21H30N2O2. The molecule has 3 fully saturated rings. The monoisotopic (exact) mass is 342 g/mol. The van der Waals surface area contributed by atoms with E-state index in [0.29, 0.717) is 24.0 Å². The lowest BCUT2D eigenvalue weighted by Crippen LogP contribution is -2.68. The highest BCUT2D eigenvalue weighted by Gasteiger charge is 2.60. The number of carbonyl (C=O) groups is 1. The van der Waals surface area contributed by atoms with E-state index < -0.39 is 0 Å². The maximum Gasteiger partial charge on any atom is 0.239 e. The highest BCUT2D eigenvalue weighted by Crippen LogP contribution is 2.52. The number of fused-ring (bicyclic) bond motifs is 1.